The number of nitrogens with zero attached hydrogens (tertiary/aromatic N) is 2. The number of methoxy groups -OCH3 is 2. The lowest BCUT2D eigenvalue weighted by atomic mass is 9.95. The van der Waals surface area contributed by atoms with Crippen LogP contribution in [0.5, 0.6) is 17.2 Å². The molecule has 0 spiro atoms. The van der Waals surface area contributed by atoms with Crippen molar-refractivity contribution in [2.45, 2.75) is 5.92 Å². The SMILES string of the molecule is COc1cc2[nH]c(C(=O)N3C[C@@H](CCl)c4c3cc(OC)c3ccccc43)cc2cc1OCCN(C)C. The van der Waals surface area contributed by atoms with Crippen LogP contribution >= 0.6 is 11.6 Å². The number of carbonyl (C=O) groups is 1. The second kappa shape index (κ2) is 9.91. The molecule has 7 nitrogen and oxygen atoms in total. The summed E-state index contributed by atoms with van der Waals surface area (Å²) in [5.41, 5.74) is 3.22. The van der Waals surface area contributed by atoms with Gasteiger partial charge in [0.05, 0.1) is 19.9 Å². The Balaban J connectivity index is 1.52. The number of halogens is 1. The number of alkyl halides is 1. The Kier molecular flexibility index (Phi) is 6.69. The summed E-state index contributed by atoms with van der Waals surface area (Å²) in [7, 11) is 7.26. The molecule has 0 radical (unpaired) electrons. The standard InChI is InChI=1S/C28H30ClN3O4/c1-31(2)9-10-36-26-12-17-11-22(30-21(17)13-25(26)35-4)28(33)32-16-18(15-29)27-20-8-6-5-7-19(20)24(34-3)14-23(27)32/h5-8,11-14,18,30H,9-10,15-16H2,1-4H3/t18-/m1/s1. The van der Waals surface area contributed by atoms with Crippen LogP contribution in [0.4, 0.5) is 5.69 Å². The van der Waals surface area contributed by atoms with Gasteiger partial charge < -0.3 is 29.0 Å². The van der Waals surface area contributed by atoms with Crippen molar-refractivity contribution in [3.05, 3.63) is 59.8 Å². The van der Waals surface area contributed by atoms with Crippen LogP contribution in [0.1, 0.15) is 22.0 Å². The van der Waals surface area contributed by atoms with Gasteiger partial charge in [0, 0.05) is 53.3 Å². The highest BCUT2D eigenvalue weighted by Gasteiger charge is 2.35. The van der Waals surface area contributed by atoms with Crippen LogP contribution in [0.2, 0.25) is 0 Å². The molecule has 0 unspecified atom stereocenters. The van der Waals surface area contributed by atoms with E-state index in [2.05, 4.69) is 16.0 Å². The zero-order valence-electron chi connectivity index (χ0n) is 20.9. The van der Waals surface area contributed by atoms with Gasteiger partial charge in [-0.25, -0.2) is 0 Å². The fraction of sp³-hybridized carbons (Fsp3) is 0.321. The van der Waals surface area contributed by atoms with Crippen LogP contribution in [0.25, 0.3) is 21.7 Å². The number of rotatable bonds is 8. The van der Waals surface area contributed by atoms with E-state index < -0.39 is 0 Å². The van der Waals surface area contributed by atoms with Crippen molar-refractivity contribution in [2.24, 2.45) is 0 Å². The van der Waals surface area contributed by atoms with E-state index in [1.807, 2.05) is 56.6 Å². The van der Waals surface area contributed by atoms with E-state index in [4.69, 9.17) is 25.8 Å². The second-order valence-electron chi connectivity index (χ2n) is 9.25. The lowest BCUT2D eigenvalue weighted by Crippen LogP contribution is -2.30. The van der Waals surface area contributed by atoms with Gasteiger partial charge in [0.25, 0.3) is 5.91 Å². The zero-order valence-corrected chi connectivity index (χ0v) is 21.7. The molecule has 0 saturated heterocycles. The largest absolute Gasteiger partial charge is 0.496 e. The zero-order chi connectivity index (χ0) is 25.4. The van der Waals surface area contributed by atoms with Gasteiger partial charge in [-0.2, -0.15) is 0 Å². The Hall–Kier alpha value is -3.42. The molecule has 1 N–H and O–H groups in total. The summed E-state index contributed by atoms with van der Waals surface area (Å²) in [5, 5.41) is 2.96. The summed E-state index contributed by atoms with van der Waals surface area (Å²) < 4.78 is 17.2. The molecule has 36 heavy (non-hydrogen) atoms. The second-order valence-corrected chi connectivity index (χ2v) is 9.56. The maximum atomic E-state index is 13.8. The van der Waals surface area contributed by atoms with Gasteiger partial charge in [-0.15, -0.1) is 11.6 Å². The van der Waals surface area contributed by atoms with Gasteiger partial charge in [0.15, 0.2) is 11.5 Å². The maximum absolute atomic E-state index is 13.8. The molecule has 1 aliphatic rings. The molecule has 0 fully saturated rings. The fourth-order valence-electron chi connectivity index (χ4n) is 4.91. The Morgan fingerprint density at radius 2 is 1.81 bits per heavy atom. The van der Waals surface area contributed by atoms with Crippen molar-refractivity contribution in [3.63, 3.8) is 0 Å². The number of anilines is 1. The average Bonchev–Trinajstić information content (AvgIpc) is 3.48. The van der Waals surface area contributed by atoms with Gasteiger partial charge in [-0.05, 0) is 37.2 Å². The summed E-state index contributed by atoms with van der Waals surface area (Å²) in [6, 6.07) is 15.7. The fourth-order valence-corrected chi connectivity index (χ4v) is 5.16. The monoisotopic (exact) mass is 507 g/mol. The first kappa shape index (κ1) is 24.3. The summed E-state index contributed by atoms with van der Waals surface area (Å²) in [5.74, 6) is 2.33. The van der Waals surface area contributed by atoms with Gasteiger partial charge in [0.2, 0.25) is 0 Å². The lowest BCUT2D eigenvalue weighted by molar-refractivity contribution is 0.0984. The molecule has 4 aromatic rings. The normalized spacial score (nSPS) is 15.1. The third-order valence-corrected chi connectivity index (χ3v) is 7.08. The Morgan fingerprint density at radius 3 is 2.50 bits per heavy atom. The molecule has 0 aliphatic carbocycles. The summed E-state index contributed by atoms with van der Waals surface area (Å²) in [6.07, 6.45) is 0. The van der Waals surface area contributed by atoms with Crippen LogP contribution in [-0.4, -0.2) is 69.7 Å². The van der Waals surface area contributed by atoms with Crippen LogP contribution in [-0.2, 0) is 0 Å². The molecule has 3 aromatic carbocycles. The van der Waals surface area contributed by atoms with E-state index in [1.54, 1.807) is 19.1 Å². The number of hydrogen-bond acceptors (Lipinski definition) is 5. The number of carbonyl (C=O) groups excluding carboxylic acids is 1. The third-order valence-electron chi connectivity index (χ3n) is 6.71. The molecule has 5 rings (SSSR count). The average molecular weight is 508 g/mol. The summed E-state index contributed by atoms with van der Waals surface area (Å²) >= 11 is 6.39. The van der Waals surface area contributed by atoms with Crippen molar-refractivity contribution in [2.75, 3.05) is 58.8 Å². The highest BCUT2D eigenvalue weighted by Crippen LogP contribution is 2.46. The number of ether oxygens (including phenoxy) is 3. The van der Waals surface area contributed by atoms with E-state index in [0.29, 0.717) is 36.2 Å². The smallest absolute Gasteiger partial charge is 0.274 e. The highest BCUT2D eigenvalue weighted by atomic mass is 35.5. The molecule has 2 heterocycles. The summed E-state index contributed by atoms with van der Waals surface area (Å²) in [6.45, 7) is 1.82. The molecule has 1 aromatic heterocycles. The number of likely N-dealkylation sites (N-methyl/N-ethyl adjacent to an activating group) is 1. The van der Waals surface area contributed by atoms with Crippen molar-refractivity contribution >= 4 is 44.9 Å². The number of hydrogen-bond donors (Lipinski definition) is 1. The van der Waals surface area contributed by atoms with Crippen molar-refractivity contribution in [3.8, 4) is 17.2 Å². The predicted octanol–water partition coefficient (Wildman–Crippen LogP) is 5.26. The minimum atomic E-state index is -0.119. The van der Waals surface area contributed by atoms with E-state index in [0.717, 1.165) is 45.2 Å². The minimum Gasteiger partial charge on any atom is -0.496 e. The first-order valence-corrected chi connectivity index (χ1v) is 12.4. The number of benzene rings is 3. The third kappa shape index (κ3) is 4.22. The first-order valence-electron chi connectivity index (χ1n) is 11.9. The number of fused-ring (bicyclic) bond motifs is 4. The minimum absolute atomic E-state index is 0.0302. The van der Waals surface area contributed by atoms with Crippen LogP contribution in [0, 0.1) is 0 Å². The molecule has 8 heteroatoms. The van der Waals surface area contributed by atoms with E-state index >= 15 is 0 Å². The number of nitrogens with one attached hydrogen (secondary N) is 1. The van der Waals surface area contributed by atoms with Crippen LogP contribution in [0.15, 0.2) is 48.5 Å². The molecule has 0 saturated carbocycles. The Morgan fingerprint density at radius 1 is 1.06 bits per heavy atom. The Bertz CT molecular complexity index is 1430. The molecule has 1 atom stereocenters. The van der Waals surface area contributed by atoms with E-state index in [-0.39, 0.29) is 11.8 Å². The van der Waals surface area contributed by atoms with Gasteiger partial charge in [-0.1, -0.05) is 24.3 Å². The van der Waals surface area contributed by atoms with Crippen molar-refractivity contribution < 1.29 is 19.0 Å². The molecule has 188 valence electrons. The molecule has 1 aliphatic heterocycles. The van der Waals surface area contributed by atoms with Crippen molar-refractivity contribution in [1.82, 2.24) is 9.88 Å². The number of aromatic amines is 1. The topological polar surface area (TPSA) is 67.0 Å². The number of H-pyrrole nitrogens is 1. The maximum Gasteiger partial charge on any atom is 0.274 e. The highest BCUT2D eigenvalue weighted by molar-refractivity contribution is 6.19. The number of aromatic nitrogens is 1. The Labute approximate surface area is 215 Å². The quantitative estimate of drug-likeness (QED) is 0.329. The molecular weight excluding hydrogens is 478 g/mol. The lowest BCUT2D eigenvalue weighted by Gasteiger charge is -2.18. The van der Waals surface area contributed by atoms with Gasteiger partial charge in [-0.3, -0.25) is 4.79 Å². The van der Waals surface area contributed by atoms with Gasteiger partial charge in [0.1, 0.15) is 18.1 Å². The number of amides is 1. The van der Waals surface area contributed by atoms with Crippen LogP contribution in [0.3, 0.4) is 0 Å². The van der Waals surface area contributed by atoms with Gasteiger partial charge >= 0.3 is 0 Å². The van der Waals surface area contributed by atoms with Crippen LogP contribution < -0.4 is 19.1 Å². The van der Waals surface area contributed by atoms with E-state index in [9.17, 15) is 4.79 Å². The van der Waals surface area contributed by atoms with Crippen molar-refractivity contribution in [1.29, 1.82) is 0 Å². The predicted molar refractivity (Wildman–Crippen MR) is 145 cm³/mol. The molecule has 0 bridgehead atoms. The van der Waals surface area contributed by atoms with E-state index in [1.165, 1.54) is 0 Å². The molecule has 1 amide bonds. The molecular formula is C28H30ClN3O4. The summed E-state index contributed by atoms with van der Waals surface area (Å²) in [4.78, 5) is 20.9. The first-order chi connectivity index (χ1) is 17.4.